The van der Waals surface area contributed by atoms with Crippen LogP contribution in [0.25, 0.3) is 0 Å². The Morgan fingerprint density at radius 2 is 1.89 bits per heavy atom. The van der Waals surface area contributed by atoms with Crippen molar-refractivity contribution < 1.29 is 8.42 Å². The number of nitrogens with two attached hydrogens (primary N) is 1. The standard InChI is InChI=1S/C14H24N2O2S/c1-5-16(19(17,18)11-14(2,3)4)10-12-7-6-8-13(15)9-12/h6-9H,5,10-11,15H2,1-4H3. The molecule has 0 amide bonds. The minimum Gasteiger partial charge on any atom is -0.399 e. The molecule has 0 atom stereocenters. The van der Waals surface area contributed by atoms with Crippen molar-refractivity contribution in [2.75, 3.05) is 18.0 Å². The predicted octanol–water partition coefficient (Wildman–Crippen LogP) is 2.47. The number of hydrogen-bond acceptors (Lipinski definition) is 3. The second-order valence-corrected chi connectivity index (χ2v) is 7.96. The van der Waals surface area contributed by atoms with Crippen LogP contribution < -0.4 is 5.73 Å². The average molecular weight is 284 g/mol. The summed E-state index contributed by atoms with van der Waals surface area (Å²) >= 11 is 0. The zero-order valence-electron chi connectivity index (χ0n) is 12.2. The van der Waals surface area contributed by atoms with Gasteiger partial charge in [-0.25, -0.2) is 8.42 Å². The highest BCUT2D eigenvalue weighted by Crippen LogP contribution is 2.20. The highest BCUT2D eigenvalue weighted by Gasteiger charge is 2.27. The molecule has 0 spiro atoms. The Morgan fingerprint density at radius 3 is 2.37 bits per heavy atom. The summed E-state index contributed by atoms with van der Waals surface area (Å²) in [4.78, 5) is 0. The first kappa shape index (κ1) is 16.0. The summed E-state index contributed by atoms with van der Waals surface area (Å²) in [5, 5.41) is 0. The highest BCUT2D eigenvalue weighted by molar-refractivity contribution is 7.89. The topological polar surface area (TPSA) is 63.4 Å². The lowest BCUT2D eigenvalue weighted by Crippen LogP contribution is -2.36. The third-order valence-electron chi connectivity index (χ3n) is 2.67. The number of rotatable bonds is 5. The van der Waals surface area contributed by atoms with Gasteiger partial charge in [-0.05, 0) is 23.1 Å². The minimum atomic E-state index is -3.25. The van der Waals surface area contributed by atoms with Gasteiger partial charge in [-0.3, -0.25) is 0 Å². The fourth-order valence-electron chi connectivity index (χ4n) is 1.94. The average Bonchev–Trinajstić information content (AvgIpc) is 2.22. The molecule has 108 valence electrons. The molecule has 0 bridgehead atoms. The van der Waals surface area contributed by atoms with E-state index in [0.717, 1.165) is 5.56 Å². The van der Waals surface area contributed by atoms with Gasteiger partial charge in [-0.2, -0.15) is 4.31 Å². The van der Waals surface area contributed by atoms with Crippen LogP contribution in [0.2, 0.25) is 0 Å². The van der Waals surface area contributed by atoms with Crippen LogP contribution in [0.3, 0.4) is 0 Å². The molecular weight excluding hydrogens is 260 g/mol. The summed E-state index contributed by atoms with van der Waals surface area (Å²) in [6.07, 6.45) is 0. The van der Waals surface area contributed by atoms with Crippen LogP contribution in [-0.4, -0.2) is 25.0 Å². The van der Waals surface area contributed by atoms with Crippen LogP contribution in [0.5, 0.6) is 0 Å². The van der Waals surface area contributed by atoms with E-state index in [1.807, 2.05) is 45.9 Å². The van der Waals surface area contributed by atoms with Crippen LogP contribution in [0.4, 0.5) is 5.69 Å². The predicted molar refractivity (Wildman–Crippen MR) is 80.2 cm³/mol. The van der Waals surface area contributed by atoms with E-state index < -0.39 is 10.0 Å². The molecule has 0 aromatic heterocycles. The Labute approximate surface area is 116 Å². The Morgan fingerprint density at radius 1 is 1.26 bits per heavy atom. The number of hydrogen-bond donors (Lipinski definition) is 1. The number of nitrogens with zero attached hydrogens (tertiary/aromatic N) is 1. The van der Waals surface area contributed by atoms with Crippen molar-refractivity contribution in [2.24, 2.45) is 5.41 Å². The van der Waals surface area contributed by atoms with Gasteiger partial charge in [0.1, 0.15) is 0 Å². The Kier molecular flexibility index (Phi) is 4.98. The number of benzene rings is 1. The van der Waals surface area contributed by atoms with Gasteiger partial charge in [-0.1, -0.05) is 39.8 Å². The van der Waals surface area contributed by atoms with Gasteiger partial charge in [0.15, 0.2) is 0 Å². The molecule has 1 aromatic carbocycles. The van der Waals surface area contributed by atoms with Crippen LogP contribution in [0, 0.1) is 5.41 Å². The van der Waals surface area contributed by atoms with E-state index >= 15 is 0 Å². The number of nitrogen functional groups attached to an aromatic ring is 1. The monoisotopic (exact) mass is 284 g/mol. The van der Waals surface area contributed by atoms with Crippen molar-refractivity contribution in [3.05, 3.63) is 29.8 Å². The molecule has 19 heavy (non-hydrogen) atoms. The summed E-state index contributed by atoms with van der Waals surface area (Å²) < 4.78 is 26.2. The molecule has 2 N–H and O–H groups in total. The zero-order chi connectivity index (χ0) is 14.7. The van der Waals surface area contributed by atoms with Gasteiger partial charge >= 0.3 is 0 Å². The molecule has 5 heteroatoms. The summed E-state index contributed by atoms with van der Waals surface area (Å²) in [5.41, 5.74) is 7.04. The Hall–Kier alpha value is -1.07. The quantitative estimate of drug-likeness (QED) is 0.845. The third kappa shape index (κ3) is 5.20. The van der Waals surface area contributed by atoms with Gasteiger partial charge in [-0.15, -0.1) is 0 Å². The second-order valence-electron chi connectivity index (χ2n) is 5.99. The van der Waals surface area contributed by atoms with Crippen molar-refractivity contribution in [3.8, 4) is 0 Å². The van der Waals surface area contributed by atoms with Crippen molar-refractivity contribution in [1.82, 2.24) is 4.31 Å². The van der Waals surface area contributed by atoms with Gasteiger partial charge in [0.25, 0.3) is 0 Å². The lowest BCUT2D eigenvalue weighted by molar-refractivity contribution is 0.395. The lowest BCUT2D eigenvalue weighted by atomic mass is 10.0. The van der Waals surface area contributed by atoms with Crippen LogP contribution >= 0.6 is 0 Å². The molecule has 0 aliphatic rings. The maximum Gasteiger partial charge on any atom is 0.214 e. The van der Waals surface area contributed by atoms with E-state index in [0.29, 0.717) is 18.8 Å². The van der Waals surface area contributed by atoms with E-state index in [1.165, 1.54) is 4.31 Å². The molecule has 1 rings (SSSR count). The largest absolute Gasteiger partial charge is 0.399 e. The molecule has 0 unspecified atom stereocenters. The van der Waals surface area contributed by atoms with Crippen molar-refractivity contribution in [1.29, 1.82) is 0 Å². The molecule has 0 saturated heterocycles. The number of sulfonamides is 1. The van der Waals surface area contributed by atoms with Crippen molar-refractivity contribution >= 4 is 15.7 Å². The smallest absolute Gasteiger partial charge is 0.214 e. The first-order chi connectivity index (χ1) is 8.64. The fraction of sp³-hybridized carbons (Fsp3) is 0.571. The summed E-state index contributed by atoms with van der Waals surface area (Å²) in [7, 11) is -3.25. The summed E-state index contributed by atoms with van der Waals surface area (Å²) in [6, 6.07) is 7.35. The maximum atomic E-state index is 12.4. The van der Waals surface area contributed by atoms with Gasteiger partial charge in [0, 0.05) is 18.8 Å². The molecule has 0 fully saturated rings. The first-order valence-corrected chi connectivity index (χ1v) is 8.07. The van der Waals surface area contributed by atoms with E-state index in [-0.39, 0.29) is 11.2 Å². The molecule has 0 radical (unpaired) electrons. The zero-order valence-corrected chi connectivity index (χ0v) is 13.0. The fourth-order valence-corrected chi connectivity index (χ4v) is 3.96. The molecular formula is C14H24N2O2S. The minimum absolute atomic E-state index is 0.149. The molecule has 0 saturated carbocycles. The normalized spacial score (nSPS) is 12.9. The second kappa shape index (κ2) is 5.92. The third-order valence-corrected chi connectivity index (χ3v) is 5.08. The van der Waals surface area contributed by atoms with E-state index in [2.05, 4.69) is 0 Å². The lowest BCUT2D eigenvalue weighted by Gasteiger charge is -2.26. The molecule has 0 aliphatic carbocycles. The summed E-state index contributed by atoms with van der Waals surface area (Å²) in [6.45, 7) is 8.48. The molecule has 0 aliphatic heterocycles. The molecule has 1 aromatic rings. The number of anilines is 1. The van der Waals surface area contributed by atoms with Gasteiger partial charge in [0.2, 0.25) is 10.0 Å². The highest BCUT2D eigenvalue weighted by atomic mass is 32.2. The Balaban J connectivity index is 2.89. The van der Waals surface area contributed by atoms with Crippen molar-refractivity contribution in [3.63, 3.8) is 0 Å². The van der Waals surface area contributed by atoms with Gasteiger partial charge < -0.3 is 5.73 Å². The first-order valence-electron chi connectivity index (χ1n) is 6.46. The van der Waals surface area contributed by atoms with Crippen LogP contribution in [0.15, 0.2) is 24.3 Å². The maximum absolute atomic E-state index is 12.4. The van der Waals surface area contributed by atoms with Crippen LogP contribution in [-0.2, 0) is 16.6 Å². The SMILES string of the molecule is CCN(Cc1cccc(N)c1)S(=O)(=O)CC(C)(C)C. The van der Waals surface area contributed by atoms with Gasteiger partial charge in [0.05, 0.1) is 5.75 Å². The summed E-state index contributed by atoms with van der Waals surface area (Å²) in [5.74, 6) is 0.149. The van der Waals surface area contributed by atoms with E-state index in [4.69, 9.17) is 5.73 Å². The molecule has 0 heterocycles. The van der Waals surface area contributed by atoms with E-state index in [9.17, 15) is 8.42 Å². The van der Waals surface area contributed by atoms with Crippen LogP contribution in [0.1, 0.15) is 33.3 Å². The Bertz CT molecular complexity index is 518. The van der Waals surface area contributed by atoms with E-state index in [1.54, 1.807) is 6.07 Å². The molecule has 4 nitrogen and oxygen atoms in total. The van der Waals surface area contributed by atoms with Crippen molar-refractivity contribution in [2.45, 2.75) is 34.2 Å².